The maximum absolute atomic E-state index is 13.4. The minimum atomic E-state index is -0.833. The van der Waals surface area contributed by atoms with E-state index in [9.17, 15) is 38.4 Å². The van der Waals surface area contributed by atoms with Crippen LogP contribution in [-0.2, 0) is 53.0 Å². The average molecular weight is 1910 g/mol. The number of amides is 5. The minimum Gasteiger partial charge on any atom is -0.491 e. The van der Waals surface area contributed by atoms with Crippen molar-refractivity contribution in [2.45, 2.75) is 107 Å². The highest BCUT2D eigenvalue weighted by Gasteiger charge is 2.49. The van der Waals surface area contributed by atoms with Gasteiger partial charge in [-0.1, -0.05) is 162 Å². The lowest BCUT2D eigenvalue weighted by atomic mass is 9.81. The molecule has 143 heavy (non-hydrogen) atoms. The zero-order chi connectivity index (χ0) is 99.7. The summed E-state index contributed by atoms with van der Waals surface area (Å²) >= 11 is 0. The number of hydrogen-bond acceptors (Lipinski definition) is 21. The van der Waals surface area contributed by atoms with Crippen molar-refractivity contribution in [2.75, 3.05) is 38.4 Å². The zero-order valence-electron chi connectivity index (χ0n) is 80.1. The Kier molecular flexibility index (Phi) is 27.4. The van der Waals surface area contributed by atoms with Gasteiger partial charge in [-0.3, -0.25) is 63.3 Å². The summed E-state index contributed by atoms with van der Waals surface area (Å²) in [6.45, 7) is 20.1. The number of ether oxygens (including phenoxy) is 6. The molecule has 5 unspecified atom stereocenters. The number of Topliss-reactive ketones (excluding diaryl/α,β-unsaturated/α-hetero) is 1. The number of aryl methyl sites for hydroxylation is 8. The molecule has 22 rings (SSSR count). The van der Waals surface area contributed by atoms with Crippen molar-refractivity contribution in [1.29, 1.82) is 0 Å². The van der Waals surface area contributed by atoms with Gasteiger partial charge in [-0.25, -0.2) is 0 Å². The SMILES string of the molecule is C=C1C=C(C(=O)NC2(c3ccc(C)cc3)CCOc3cccnc32)C=CN1.C=C1Nc2ccc(C(=O)NC3(c4ccc(C)cc4)CCOc4cccnc43)cc2O1.Cc1ccc(C2(NC(=O)c3ccc(=O)n(C)c3)CCOc3cccnc32)cc1.Cc1ccc(C2(NC(=O)c3ccc4c(c3)CCC4=O)CCOc3cccnc32)cc1.Cc1ccc(C2(NC(=O)c3ccn(C)c(=O)c3)CCOc3cccnc32)cc1. The zero-order valence-corrected chi connectivity index (χ0v) is 80.1. The molecule has 7 aromatic carbocycles. The summed E-state index contributed by atoms with van der Waals surface area (Å²) in [6.07, 6.45) is 21.0. The number of aromatic nitrogens is 7. The third-order valence-corrected chi connectivity index (χ3v) is 26.8. The second kappa shape index (κ2) is 40.9. The highest BCUT2D eigenvalue weighted by atomic mass is 16.5. The van der Waals surface area contributed by atoms with Crippen LogP contribution in [0.3, 0.4) is 0 Å². The van der Waals surface area contributed by atoms with E-state index in [4.69, 9.17) is 28.4 Å². The largest absolute Gasteiger partial charge is 0.491 e. The highest BCUT2D eigenvalue weighted by molar-refractivity contribution is 6.03. The van der Waals surface area contributed by atoms with Gasteiger partial charge < -0.3 is 74.8 Å². The second-order valence-corrected chi connectivity index (χ2v) is 36.4. The molecule has 0 spiro atoms. The third-order valence-electron chi connectivity index (χ3n) is 26.8. The van der Waals surface area contributed by atoms with Crippen LogP contribution in [0.2, 0.25) is 0 Å². The number of dihydropyridines is 1. The van der Waals surface area contributed by atoms with Gasteiger partial charge in [0.15, 0.2) is 17.4 Å². The summed E-state index contributed by atoms with van der Waals surface area (Å²) in [5, 5.41) is 22.1. The fraction of sp³-hybridized carbons (Fsp3) is 0.209. The van der Waals surface area contributed by atoms with E-state index < -0.39 is 27.7 Å². The Balaban J connectivity index is 0.000000118. The van der Waals surface area contributed by atoms with Gasteiger partial charge in [0, 0.05) is 148 Å². The number of carbonyl (C=O) groups excluding carboxylic acids is 6. The monoisotopic (exact) mass is 1910 g/mol. The van der Waals surface area contributed by atoms with E-state index in [0.717, 1.165) is 78.1 Å². The Morgan fingerprint density at radius 1 is 0.364 bits per heavy atom. The van der Waals surface area contributed by atoms with Crippen LogP contribution in [0.15, 0.2) is 344 Å². The molecule has 28 heteroatoms. The highest BCUT2D eigenvalue weighted by Crippen LogP contribution is 2.48. The van der Waals surface area contributed by atoms with Crippen LogP contribution in [0.4, 0.5) is 5.69 Å². The van der Waals surface area contributed by atoms with Crippen LogP contribution in [-0.4, -0.2) is 102 Å². The maximum Gasteiger partial charge on any atom is 0.253 e. The number of hydrogen-bond donors (Lipinski definition) is 7. The summed E-state index contributed by atoms with van der Waals surface area (Å²) < 4.78 is 37.4. The Labute approximate surface area is 826 Å². The molecule has 0 saturated carbocycles. The summed E-state index contributed by atoms with van der Waals surface area (Å²) in [7, 11) is 3.27. The first-order valence-corrected chi connectivity index (χ1v) is 47.2. The van der Waals surface area contributed by atoms with Crippen LogP contribution in [0.5, 0.6) is 34.5 Å². The molecular formula is C115H106N14O14. The number of allylic oxidation sites excluding steroid dienone is 1. The van der Waals surface area contributed by atoms with Gasteiger partial charge in [0.1, 0.15) is 84.9 Å². The molecular weight excluding hydrogens is 1800 g/mol. The second-order valence-electron chi connectivity index (χ2n) is 36.4. The lowest BCUT2D eigenvalue weighted by molar-refractivity contribution is -0.119. The smallest absolute Gasteiger partial charge is 0.253 e. The van der Waals surface area contributed by atoms with Crippen molar-refractivity contribution in [2.24, 2.45) is 14.1 Å². The van der Waals surface area contributed by atoms with Crippen LogP contribution in [0, 0.1) is 34.6 Å². The molecule has 8 aliphatic rings. The van der Waals surface area contributed by atoms with E-state index in [0.29, 0.717) is 175 Å². The van der Waals surface area contributed by atoms with Gasteiger partial charge in [0.2, 0.25) is 5.56 Å². The standard InChI is InChI=1S/C25H22N2O3.C24H21N3O3.2C22H21N3O3.C22H21N3O2/c1-16-4-8-19(9-5-16)25(12-14-30-22-3-2-13-26-23(22)25)27-24(29)18-6-10-20-17(15-18)7-11-21(20)28;1-15-5-8-18(9-6-15)24(11-13-29-20-4-3-12-25-22(20)24)27-23(28)17-7-10-19-21(14-17)30-16(2)26-19;1-15-5-8-17(9-6-15)22(11-13-28-18-4-3-12-23-20(18)22)24-21(27)16-7-10-19(26)25(2)14-16;1-15-5-7-17(8-6-15)22(10-13-28-18-4-3-11-23-20(18)22)24-21(27)16-9-12-25(2)19(26)14-16;1-15-5-7-18(8-6-15)22(10-13-27-19-4-3-11-24-20(19)22)25-21(26)17-9-12-23-16(2)14-17/h2-6,8-10,13,15H,7,11-12,14H2,1H3,(H,27,29);3-10,12,14,26H,2,11,13H2,1H3,(H,27,28);3-10,12,14H,11,13H2,1-2H3,(H,24,27);3-9,11-12,14H,10,13H2,1-2H3,(H,24,27);3-9,11-12,14,23H,2,10,13H2,1H3,(H,25,26). The molecule has 1 aliphatic carbocycles. The number of nitrogens with one attached hydrogen (secondary N) is 7. The number of carbonyl (C=O) groups is 6. The molecule has 28 nitrogen and oxygen atoms in total. The normalized spacial score (nSPS) is 19.1. The molecule has 7 aliphatic heterocycles. The van der Waals surface area contributed by atoms with Crippen LogP contribution < -0.4 is 76.8 Å². The molecule has 0 bridgehead atoms. The molecule has 7 aromatic heterocycles. The fourth-order valence-corrected chi connectivity index (χ4v) is 19.0. The lowest BCUT2D eigenvalue weighted by Gasteiger charge is -2.39. The van der Waals surface area contributed by atoms with Crippen LogP contribution >= 0.6 is 0 Å². The average Bonchev–Trinajstić information content (AvgIpc) is 0.867. The first-order chi connectivity index (χ1) is 69.2. The molecule has 5 amide bonds. The van der Waals surface area contributed by atoms with Gasteiger partial charge in [0.25, 0.3) is 35.1 Å². The fourth-order valence-electron chi connectivity index (χ4n) is 19.0. The number of nitrogens with zero attached hydrogens (tertiary/aromatic N) is 7. The molecule has 5 atom stereocenters. The molecule has 0 fully saturated rings. The van der Waals surface area contributed by atoms with Gasteiger partial charge in [-0.2, -0.15) is 0 Å². The van der Waals surface area contributed by atoms with E-state index in [-0.39, 0.29) is 46.4 Å². The molecule has 14 heterocycles. The summed E-state index contributed by atoms with van der Waals surface area (Å²) in [5.41, 5.74) is 15.2. The van der Waals surface area contributed by atoms with Gasteiger partial charge in [-0.05, 0) is 196 Å². The number of fused-ring (bicyclic) bond motifs is 7. The van der Waals surface area contributed by atoms with Gasteiger partial charge in [-0.15, -0.1) is 0 Å². The van der Waals surface area contributed by atoms with E-state index >= 15 is 0 Å². The summed E-state index contributed by atoms with van der Waals surface area (Å²) in [4.78, 5) is 125. The first kappa shape index (κ1) is 95.9. The van der Waals surface area contributed by atoms with Gasteiger partial charge in [0.05, 0.1) is 44.3 Å². The van der Waals surface area contributed by atoms with E-state index in [1.807, 2.05) is 229 Å². The minimum absolute atomic E-state index is 0.149. The van der Waals surface area contributed by atoms with Crippen molar-refractivity contribution in [3.05, 3.63) is 473 Å². The van der Waals surface area contributed by atoms with Crippen molar-refractivity contribution in [1.82, 2.24) is 66.0 Å². The van der Waals surface area contributed by atoms with E-state index in [1.54, 1.807) is 112 Å². The predicted octanol–water partition coefficient (Wildman–Crippen LogP) is 16.3. The van der Waals surface area contributed by atoms with E-state index in [2.05, 4.69) is 75.3 Å². The third kappa shape index (κ3) is 19.9. The Bertz CT molecular complexity index is 7490. The van der Waals surface area contributed by atoms with E-state index in [1.165, 1.54) is 21.3 Å². The molecule has 14 aromatic rings. The van der Waals surface area contributed by atoms with Gasteiger partial charge >= 0.3 is 0 Å². The van der Waals surface area contributed by atoms with Crippen LogP contribution in [0.25, 0.3) is 0 Å². The number of anilines is 1. The Morgan fingerprint density at radius 2 is 0.706 bits per heavy atom. The molecule has 0 saturated heterocycles. The molecule has 0 radical (unpaired) electrons. The topological polar surface area (TPSA) is 350 Å². The summed E-state index contributed by atoms with van der Waals surface area (Å²) in [6, 6.07) is 75.7. The van der Waals surface area contributed by atoms with Crippen molar-refractivity contribution < 1.29 is 57.2 Å². The first-order valence-electron chi connectivity index (χ1n) is 47.2. The molecule has 720 valence electrons. The number of rotatable bonds is 15. The number of pyridine rings is 7. The lowest BCUT2D eigenvalue weighted by Crippen LogP contribution is -2.50. The predicted molar refractivity (Wildman–Crippen MR) is 541 cm³/mol. The Hall–Kier alpha value is -17.4. The summed E-state index contributed by atoms with van der Waals surface area (Å²) in [5.74, 6) is 3.40. The number of benzene rings is 7. The van der Waals surface area contributed by atoms with Crippen molar-refractivity contribution in [3.63, 3.8) is 0 Å². The maximum atomic E-state index is 13.4. The Morgan fingerprint density at radius 3 is 1.07 bits per heavy atom. The molecule has 7 N–H and O–H groups in total. The van der Waals surface area contributed by atoms with Crippen molar-refractivity contribution >= 4 is 41.0 Å². The van der Waals surface area contributed by atoms with Crippen LogP contribution in [0.1, 0.15) is 180 Å². The van der Waals surface area contributed by atoms with Crippen molar-refractivity contribution in [3.8, 4) is 34.5 Å². The quantitative estimate of drug-likeness (QED) is 0.0501. The number of ketones is 1.